The van der Waals surface area contributed by atoms with Crippen LogP contribution in [0, 0.1) is 11.3 Å². The van der Waals surface area contributed by atoms with Crippen LogP contribution in [-0.4, -0.2) is 16.1 Å². The predicted octanol–water partition coefficient (Wildman–Crippen LogP) is 2.46. The van der Waals surface area contributed by atoms with Crippen molar-refractivity contribution in [1.82, 2.24) is 4.98 Å². The number of hydrogen-bond donors (Lipinski definition) is 1. The van der Waals surface area contributed by atoms with Gasteiger partial charge in [-0.05, 0) is 23.6 Å². The van der Waals surface area contributed by atoms with Crippen LogP contribution in [-0.2, 0) is 0 Å². The first-order chi connectivity index (χ1) is 7.61. The first-order valence-electron chi connectivity index (χ1n) is 4.35. The van der Waals surface area contributed by atoms with Crippen LogP contribution in [0.15, 0.2) is 24.3 Å². The van der Waals surface area contributed by atoms with Gasteiger partial charge in [-0.1, -0.05) is 17.7 Å². The zero-order valence-electron chi connectivity index (χ0n) is 7.94. The number of hydrogen-bond acceptors (Lipinski definition) is 3. The number of carboxylic acid groups (broad SMARTS) is 1. The Morgan fingerprint density at radius 2 is 2.19 bits per heavy atom. The molecule has 0 atom stereocenters. The number of benzene rings is 1. The fourth-order valence-corrected chi connectivity index (χ4v) is 1.65. The van der Waals surface area contributed by atoms with Gasteiger partial charge in [0.2, 0.25) is 0 Å². The van der Waals surface area contributed by atoms with Crippen molar-refractivity contribution in [2.75, 3.05) is 0 Å². The number of aromatic carboxylic acids is 1. The lowest BCUT2D eigenvalue weighted by molar-refractivity contribution is 0.0693. The smallest absolute Gasteiger partial charge is 0.355 e. The van der Waals surface area contributed by atoms with E-state index in [-0.39, 0.29) is 10.8 Å². The summed E-state index contributed by atoms with van der Waals surface area (Å²) in [6, 6.07) is 8.24. The summed E-state index contributed by atoms with van der Waals surface area (Å²) in [6.45, 7) is 0. The molecule has 0 fully saturated rings. The minimum atomic E-state index is -1.16. The second kappa shape index (κ2) is 3.80. The second-order valence-corrected chi connectivity index (χ2v) is 3.53. The highest BCUT2D eigenvalue weighted by molar-refractivity contribution is 6.30. The number of nitrogens with zero attached hydrogens (tertiary/aromatic N) is 2. The molecule has 0 radical (unpaired) electrons. The van der Waals surface area contributed by atoms with E-state index < -0.39 is 5.97 Å². The van der Waals surface area contributed by atoms with Gasteiger partial charge < -0.3 is 5.11 Å². The van der Waals surface area contributed by atoms with Gasteiger partial charge in [0.25, 0.3) is 0 Å². The SMILES string of the molecule is N#Cc1ccc2cc(Cl)nc(C(=O)O)c2c1. The third-order valence-electron chi connectivity index (χ3n) is 2.13. The number of carbonyl (C=O) groups is 1. The molecule has 0 saturated heterocycles. The lowest BCUT2D eigenvalue weighted by Crippen LogP contribution is -2.01. The molecule has 1 aromatic heterocycles. The summed E-state index contributed by atoms with van der Waals surface area (Å²) in [7, 11) is 0. The third-order valence-corrected chi connectivity index (χ3v) is 2.33. The molecule has 0 amide bonds. The molecule has 0 aliphatic heterocycles. The molecule has 1 heterocycles. The Labute approximate surface area is 95.7 Å². The molecule has 5 heteroatoms. The maximum absolute atomic E-state index is 11.0. The first kappa shape index (κ1) is 10.4. The number of fused-ring (bicyclic) bond motifs is 1. The summed E-state index contributed by atoms with van der Waals surface area (Å²) in [5, 5.41) is 18.9. The largest absolute Gasteiger partial charge is 0.476 e. The van der Waals surface area contributed by atoms with E-state index in [1.54, 1.807) is 18.2 Å². The topological polar surface area (TPSA) is 74.0 Å². The number of halogens is 1. The van der Waals surface area contributed by atoms with Crippen LogP contribution in [0.3, 0.4) is 0 Å². The minimum absolute atomic E-state index is 0.120. The molecule has 4 nitrogen and oxygen atoms in total. The maximum Gasteiger partial charge on any atom is 0.355 e. The lowest BCUT2D eigenvalue weighted by atomic mass is 10.1. The molecule has 1 N–H and O–H groups in total. The summed E-state index contributed by atoms with van der Waals surface area (Å²) in [6.07, 6.45) is 0. The van der Waals surface area contributed by atoms with Crippen molar-refractivity contribution in [2.45, 2.75) is 0 Å². The van der Waals surface area contributed by atoms with Gasteiger partial charge in [0.15, 0.2) is 5.69 Å². The summed E-state index contributed by atoms with van der Waals surface area (Å²) in [5.41, 5.74) is 0.249. The molecular formula is C11H5ClN2O2. The minimum Gasteiger partial charge on any atom is -0.476 e. The van der Waals surface area contributed by atoms with E-state index in [2.05, 4.69) is 4.98 Å². The Hall–Kier alpha value is -2.12. The van der Waals surface area contributed by atoms with Crippen molar-refractivity contribution in [3.63, 3.8) is 0 Å². The molecule has 0 aliphatic carbocycles. The van der Waals surface area contributed by atoms with E-state index in [0.29, 0.717) is 16.3 Å². The quantitative estimate of drug-likeness (QED) is 0.767. The molecule has 0 bridgehead atoms. The maximum atomic E-state index is 11.0. The van der Waals surface area contributed by atoms with Gasteiger partial charge >= 0.3 is 5.97 Å². The zero-order chi connectivity index (χ0) is 11.7. The van der Waals surface area contributed by atoms with E-state index in [1.807, 2.05) is 6.07 Å². The highest BCUT2D eigenvalue weighted by Gasteiger charge is 2.12. The number of aromatic nitrogens is 1. The van der Waals surface area contributed by atoms with Gasteiger partial charge in [0, 0.05) is 5.39 Å². The highest BCUT2D eigenvalue weighted by Crippen LogP contribution is 2.22. The monoisotopic (exact) mass is 232 g/mol. The van der Waals surface area contributed by atoms with Gasteiger partial charge in [-0.3, -0.25) is 0 Å². The Morgan fingerprint density at radius 3 is 2.81 bits per heavy atom. The Kier molecular flexibility index (Phi) is 2.47. The van der Waals surface area contributed by atoms with Gasteiger partial charge in [-0.2, -0.15) is 5.26 Å². The predicted molar refractivity (Wildman–Crippen MR) is 58.4 cm³/mol. The highest BCUT2D eigenvalue weighted by atomic mass is 35.5. The van der Waals surface area contributed by atoms with Crippen molar-refractivity contribution in [1.29, 1.82) is 5.26 Å². The van der Waals surface area contributed by atoms with Crippen molar-refractivity contribution in [2.24, 2.45) is 0 Å². The Balaban J connectivity index is 2.87. The van der Waals surface area contributed by atoms with E-state index >= 15 is 0 Å². The Morgan fingerprint density at radius 1 is 1.44 bits per heavy atom. The molecular weight excluding hydrogens is 228 g/mol. The van der Waals surface area contributed by atoms with Crippen LogP contribution in [0.5, 0.6) is 0 Å². The fraction of sp³-hybridized carbons (Fsp3) is 0. The molecule has 0 spiro atoms. The molecule has 0 aliphatic rings. The molecule has 0 saturated carbocycles. The van der Waals surface area contributed by atoms with E-state index in [9.17, 15) is 4.79 Å². The first-order valence-corrected chi connectivity index (χ1v) is 4.73. The molecule has 0 unspecified atom stereocenters. The van der Waals surface area contributed by atoms with Gasteiger partial charge in [0.05, 0.1) is 11.6 Å². The number of nitriles is 1. The number of pyridine rings is 1. The Bertz CT molecular complexity index is 632. The third kappa shape index (κ3) is 1.69. The fourth-order valence-electron chi connectivity index (χ4n) is 1.45. The second-order valence-electron chi connectivity index (χ2n) is 3.15. The summed E-state index contributed by atoms with van der Waals surface area (Å²) < 4.78 is 0. The number of rotatable bonds is 1. The summed E-state index contributed by atoms with van der Waals surface area (Å²) in [5.74, 6) is -1.16. The average Bonchev–Trinajstić information content (AvgIpc) is 2.27. The van der Waals surface area contributed by atoms with Crippen molar-refractivity contribution < 1.29 is 9.90 Å². The molecule has 78 valence electrons. The van der Waals surface area contributed by atoms with Gasteiger partial charge in [-0.25, -0.2) is 9.78 Å². The number of carboxylic acids is 1. The van der Waals surface area contributed by atoms with Gasteiger partial charge in [-0.15, -0.1) is 0 Å². The average molecular weight is 233 g/mol. The van der Waals surface area contributed by atoms with Crippen molar-refractivity contribution in [3.05, 3.63) is 40.7 Å². The van der Waals surface area contributed by atoms with Crippen molar-refractivity contribution in [3.8, 4) is 6.07 Å². The summed E-state index contributed by atoms with van der Waals surface area (Å²) in [4.78, 5) is 14.7. The van der Waals surface area contributed by atoms with Gasteiger partial charge in [0.1, 0.15) is 5.15 Å². The van der Waals surface area contributed by atoms with Crippen LogP contribution in [0.1, 0.15) is 16.1 Å². The van der Waals surface area contributed by atoms with Crippen LogP contribution in [0.4, 0.5) is 0 Å². The standard InChI is InChI=1S/C11H5ClN2O2/c12-9-4-7-2-1-6(5-13)3-8(7)10(14-9)11(15)16/h1-4H,(H,15,16). The van der Waals surface area contributed by atoms with Crippen LogP contribution < -0.4 is 0 Å². The zero-order valence-corrected chi connectivity index (χ0v) is 8.69. The lowest BCUT2D eigenvalue weighted by Gasteiger charge is -2.02. The molecule has 1 aromatic carbocycles. The molecule has 2 aromatic rings. The normalized spacial score (nSPS) is 10.0. The van der Waals surface area contributed by atoms with Crippen LogP contribution >= 0.6 is 11.6 Å². The molecule has 2 rings (SSSR count). The van der Waals surface area contributed by atoms with Crippen molar-refractivity contribution >= 4 is 28.3 Å². The summed E-state index contributed by atoms with van der Waals surface area (Å²) >= 11 is 5.70. The van der Waals surface area contributed by atoms with Crippen LogP contribution in [0.2, 0.25) is 5.15 Å². The molecule has 16 heavy (non-hydrogen) atoms. The van der Waals surface area contributed by atoms with Crippen LogP contribution in [0.25, 0.3) is 10.8 Å². The van der Waals surface area contributed by atoms with E-state index in [1.165, 1.54) is 6.07 Å². The van der Waals surface area contributed by atoms with E-state index in [4.69, 9.17) is 22.0 Å². The van der Waals surface area contributed by atoms with E-state index in [0.717, 1.165) is 0 Å².